The predicted octanol–water partition coefficient (Wildman–Crippen LogP) is 4.04. The van der Waals surface area contributed by atoms with E-state index in [0.717, 1.165) is 11.1 Å². The van der Waals surface area contributed by atoms with Crippen molar-refractivity contribution in [2.75, 3.05) is 33.4 Å². The molecular formula is C27H30N2O4. The maximum absolute atomic E-state index is 13.3. The van der Waals surface area contributed by atoms with Gasteiger partial charge in [0.05, 0.1) is 19.4 Å². The third-order valence-electron chi connectivity index (χ3n) is 5.21. The van der Waals surface area contributed by atoms with E-state index in [9.17, 15) is 9.59 Å². The van der Waals surface area contributed by atoms with Gasteiger partial charge in [-0.25, -0.2) is 0 Å². The minimum absolute atomic E-state index is 0.0309. The van der Waals surface area contributed by atoms with Crippen molar-refractivity contribution in [1.82, 2.24) is 9.80 Å². The van der Waals surface area contributed by atoms with Crippen molar-refractivity contribution in [2.45, 2.75) is 13.0 Å². The van der Waals surface area contributed by atoms with Crippen LogP contribution < -0.4 is 0 Å². The molecular weight excluding hydrogens is 416 g/mol. The molecule has 0 spiro atoms. The summed E-state index contributed by atoms with van der Waals surface area (Å²) in [6, 6.07) is 23.3. The summed E-state index contributed by atoms with van der Waals surface area (Å²) >= 11 is 0. The Labute approximate surface area is 195 Å². The highest BCUT2D eigenvalue weighted by molar-refractivity contribution is 5.94. The summed E-state index contributed by atoms with van der Waals surface area (Å²) in [5.41, 5.74) is 2.07. The van der Waals surface area contributed by atoms with Crippen LogP contribution in [0.3, 0.4) is 0 Å². The Bertz CT molecular complexity index is 1000. The van der Waals surface area contributed by atoms with Crippen LogP contribution in [0.25, 0.3) is 6.08 Å². The topological polar surface area (TPSA) is 63.0 Å². The molecule has 0 atom stereocenters. The monoisotopic (exact) mass is 446 g/mol. The number of nitrogens with zero attached hydrogens (tertiary/aromatic N) is 2. The first kappa shape index (κ1) is 24.0. The first-order valence-corrected chi connectivity index (χ1v) is 11.0. The Morgan fingerprint density at radius 1 is 0.909 bits per heavy atom. The molecule has 1 aromatic heterocycles. The van der Waals surface area contributed by atoms with Crippen molar-refractivity contribution in [2.24, 2.45) is 0 Å². The second kappa shape index (κ2) is 13.0. The number of ether oxygens (including phenoxy) is 1. The highest BCUT2D eigenvalue weighted by Crippen LogP contribution is 2.10. The molecule has 3 rings (SSSR count). The molecule has 172 valence electrons. The van der Waals surface area contributed by atoms with E-state index in [0.29, 0.717) is 38.4 Å². The molecule has 6 nitrogen and oxygen atoms in total. The largest absolute Gasteiger partial charge is 0.467 e. The number of benzene rings is 2. The average Bonchev–Trinajstić information content (AvgIpc) is 3.37. The predicted molar refractivity (Wildman–Crippen MR) is 128 cm³/mol. The minimum atomic E-state index is -0.231. The van der Waals surface area contributed by atoms with E-state index in [1.807, 2.05) is 66.7 Å². The summed E-state index contributed by atoms with van der Waals surface area (Å²) in [6.07, 6.45) is 5.56. The lowest BCUT2D eigenvalue weighted by Gasteiger charge is -2.26. The zero-order valence-electron chi connectivity index (χ0n) is 18.9. The molecule has 2 aromatic carbocycles. The van der Waals surface area contributed by atoms with Crippen LogP contribution >= 0.6 is 0 Å². The Morgan fingerprint density at radius 3 is 2.30 bits per heavy atom. The van der Waals surface area contributed by atoms with E-state index in [2.05, 4.69) is 0 Å². The van der Waals surface area contributed by atoms with Crippen LogP contribution in [0.15, 0.2) is 89.6 Å². The van der Waals surface area contributed by atoms with Crippen molar-refractivity contribution >= 4 is 17.9 Å². The van der Waals surface area contributed by atoms with Crippen LogP contribution in [0.5, 0.6) is 0 Å². The molecule has 0 N–H and O–H groups in total. The standard InChI is InChI=1S/C27H30N2O4/c1-32-20-18-29(26(30)15-14-23-9-4-2-5-10-23)22-27(31)28(21-25-13-8-19-33-25)17-16-24-11-6-3-7-12-24/h2-15,19H,16-18,20-22H2,1H3. The molecule has 0 unspecified atom stereocenters. The quantitative estimate of drug-likeness (QED) is 0.394. The van der Waals surface area contributed by atoms with E-state index in [4.69, 9.17) is 9.15 Å². The summed E-state index contributed by atoms with van der Waals surface area (Å²) in [5, 5.41) is 0. The highest BCUT2D eigenvalue weighted by Gasteiger charge is 2.21. The van der Waals surface area contributed by atoms with E-state index >= 15 is 0 Å². The molecule has 1 heterocycles. The Kier molecular flexibility index (Phi) is 9.48. The number of furan rings is 1. The van der Waals surface area contributed by atoms with Crippen molar-refractivity contribution in [3.8, 4) is 0 Å². The Balaban J connectivity index is 1.69. The molecule has 0 fully saturated rings. The van der Waals surface area contributed by atoms with Gasteiger partial charge >= 0.3 is 0 Å². The average molecular weight is 447 g/mol. The maximum atomic E-state index is 13.3. The first-order chi connectivity index (χ1) is 16.2. The normalized spacial score (nSPS) is 10.9. The van der Waals surface area contributed by atoms with Crippen LogP contribution in [0, 0.1) is 0 Å². The number of hydrogen-bond donors (Lipinski definition) is 0. The van der Waals surface area contributed by atoms with Crippen LogP contribution in [-0.2, 0) is 27.3 Å². The lowest BCUT2D eigenvalue weighted by atomic mass is 10.1. The van der Waals surface area contributed by atoms with Gasteiger partial charge in [0.2, 0.25) is 11.8 Å². The molecule has 0 saturated carbocycles. The maximum Gasteiger partial charge on any atom is 0.247 e. The SMILES string of the molecule is COCCN(CC(=O)N(CCc1ccccc1)Cc1ccco1)C(=O)C=Cc1ccccc1. The second-order valence-electron chi connectivity index (χ2n) is 7.63. The first-order valence-electron chi connectivity index (χ1n) is 11.0. The molecule has 0 bridgehead atoms. The summed E-state index contributed by atoms with van der Waals surface area (Å²) < 4.78 is 10.6. The molecule has 0 aliphatic carbocycles. The summed E-state index contributed by atoms with van der Waals surface area (Å²) in [7, 11) is 1.58. The van der Waals surface area contributed by atoms with Gasteiger partial charge in [0, 0.05) is 26.3 Å². The van der Waals surface area contributed by atoms with Crippen LogP contribution in [0.1, 0.15) is 16.9 Å². The number of rotatable bonds is 12. The number of methoxy groups -OCH3 is 1. The third kappa shape index (κ3) is 8.09. The Morgan fingerprint density at radius 2 is 1.64 bits per heavy atom. The van der Waals surface area contributed by atoms with Gasteiger partial charge in [-0.1, -0.05) is 60.7 Å². The van der Waals surface area contributed by atoms with Gasteiger partial charge in [-0.2, -0.15) is 0 Å². The Hall–Kier alpha value is -3.64. The fraction of sp³-hybridized carbons (Fsp3) is 0.259. The number of amides is 2. The zero-order chi connectivity index (χ0) is 23.3. The van der Waals surface area contributed by atoms with Gasteiger partial charge in [0.15, 0.2) is 0 Å². The highest BCUT2D eigenvalue weighted by atomic mass is 16.5. The minimum Gasteiger partial charge on any atom is -0.467 e. The van der Waals surface area contributed by atoms with Gasteiger partial charge in [0.1, 0.15) is 12.3 Å². The third-order valence-corrected chi connectivity index (χ3v) is 5.21. The van der Waals surface area contributed by atoms with Crippen LogP contribution in [0.4, 0.5) is 0 Å². The van der Waals surface area contributed by atoms with Crippen molar-refractivity contribution < 1.29 is 18.7 Å². The van der Waals surface area contributed by atoms with Crippen LogP contribution in [0.2, 0.25) is 0 Å². The van der Waals surface area contributed by atoms with Gasteiger partial charge in [-0.15, -0.1) is 0 Å². The lowest BCUT2D eigenvalue weighted by molar-refractivity contribution is -0.139. The fourth-order valence-electron chi connectivity index (χ4n) is 3.36. The molecule has 33 heavy (non-hydrogen) atoms. The second-order valence-corrected chi connectivity index (χ2v) is 7.63. The molecule has 0 radical (unpaired) electrons. The molecule has 2 amide bonds. The van der Waals surface area contributed by atoms with Crippen LogP contribution in [-0.4, -0.2) is 55.0 Å². The van der Waals surface area contributed by atoms with E-state index in [1.165, 1.54) is 11.0 Å². The van der Waals surface area contributed by atoms with E-state index in [1.54, 1.807) is 30.4 Å². The molecule has 0 saturated heterocycles. The zero-order valence-corrected chi connectivity index (χ0v) is 18.9. The van der Waals surface area contributed by atoms with Crippen molar-refractivity contribution in [3.05, 3.63) is 102 Å². The lowest BCUT2D eigenvalue weighted by Crippen LogP contribution is -2.44. The van der Waals surface area contributed by atoms with Crippen molar-refractivity contribution in [1.29, 1.82) is 0 Å². The van der Waals surface area contributed by atoms with E-state index in [-0.39, 0.29) is 18.4 Å². The summed E-state index contributed by atoms with van der Waals surface area (Å²) in [5.74, 6) is 0.334. The van der Waals surface area contributed by atoms with Gasteiger partial charge in [-0.05, 0) is 35.8 Å². The number of hydrogen-bond acceptors (Lipinski definition) is 4. The summed E-state index contributed by atoms with van der Waals surface area (Å²) in [6.45, 7) is 1.52. The number of carbonyl (C=O) groups excluding carboxylic acids is 2. The van der Waals surface area contributed by atoms with Crippen molar-refractivity contribution in [3.63, 3.8) is 0 Å². The molecule has 0 aliphatic rings. The summed E-state index contributed by atoms with van der Waals surface area (Å²) in [4.78, 5) is 29.4. The van der Waals surface area contributed by atoms with Gasteiger partial charge < -0.3 is 19.0 Å². The van der Waals surface area contributed by atoms with Gasteiger partial charge in [0.25, 0.3) is 0 Å². The smallest absolute Gasteiger partial charge is 0.247 e. The van der Waals surface area contributed by atoms with E-state index < -0.39 is 0 Å². The molecule has 3 aromatic rings. The van der Waals surface area contributed by atoms with Gasteiger partial charge in [-0.3, -0.25) is 9.59 Å². The number of carbonyl (C=O) groups is 2. The molecule has 0 aliphatic heterocycles. The fourth-order valence-corrected chi connectivity index (χ4v) is 3.36. The molecule has 6 heteroatoms.